The van der Waals surface area contributed by atoms with Gasteiger partial charge in [0.15, 0.2) is 0 Å². The van der Waals surface area contributed by atoms with E-state index < -0.39 is 5.60 Å². The molecule has 1 amide bonds. The number of hydrogen-bond donors (Lipinski definition) is 1. The molecule has 1 saturated carbocycles. The van der Waals surface area contributed by atoms with Crippen LogP contribution in [0.25, 0.3) is 0 Å². The molecule has 0 aromatic carbocycles. The third-order valence-corrected chi connectivity index (χ3v) is 3.68. The van der Waals surface area contributed by atoms with Crippen LogP contribution in [0.3, 0.4) is 0 Å². The number of ether oxygens (including phenoxy) is 1. The van der Waals surface area contributed by atoms with Crippen molar-refractivity contribution in [1.29, 1.82) is 0 Å². The number of amides is 1. The minimum absolute atomic E-state index is 0.178. The van der Waals surface area contributed by atoms with Crippen LogP contribution in [0.4, 0.5) is 4.79 Å². The van der Waals surface area contributed by atoms with Crippen molar-refractivity contribution in [2.45, 2.75) is 58.1 Å². The SMILES string of the molecule is CC(C)(C)OC(=O)N1CC2(CCCC(N)C2)C1. The van der Waals surface area contributed by atoms with Gasteiger partial charge in [-0.2, -0.15) is 0 Å². The highest BCUT2D eigenvalue weighted by Crippen LogP contribution is 2.43. The van der Waals surface area contributed by atoms with Crippen molar-refractivity contribution in [2.75, 3.05) is 13.1 Å². The second kappa shape index (κ2) is 4.16. The van der Waals surface area contributed by atoms with Gasteiger partial charge in [-0.25, -0.2) is 4.79 Å². The van der Waals surface area contributed by atoms with Crippen LogP contribution in [0.2, 0.25) is 0 Å². The summed E-state index contributed by atoms with van der Waals surface area (Å²) in [6.45, 7) is 7.36. The van der Waals surface area contributed by atoms with E-state index in [1.807, 2.05) is 25.7 Å². The minimum atomic E-state index is -0.400. The molecule has 4 nitrogen and oxygen atoms in total. The van der Waals surface area contributed by atoms with Gasteiger partial charge in [0, 0.05) is 24.5 Å². The van der Waals surface area contributed by atoms with Crippen molar-refractivity contribution in [3.63, 3.8) is 0 Å². The number of nitrogens with two attached hydrogens (primary N) is 1. The van der Waals surface area contributed by atoms with Gasteiger partial charge < -0.3 is 15.4 Å². The number of hydrogen-bond acceptors (Lipinski definition) is 3. The molecule has 2 fully saturated rings. The summed E-state index contributed by atoms with van der Waals surface area (Å²) in [5.74, 6) is 0. The zero-order valence-electron chi connectivity index (χ0n) is 11.2. The highest BCUT2D eigenvalue weighted by Gasteiger charge is 2.48. The molecular formula is C13H24N2O2. The van der Waals surface area contributed by atoms with Crippen LogP contribution in [-0.4, -0.2) is 35.7 Å². The highest BCUT2D eigenvalue weighted by molar-refractivity contribution is 5.69. The molecule has 2 rings (SSSR count). The third-order valence-electron chi connectivity index (χ3n) is 3.68. The van der Waals surface area contributed by atoms with Gasteiger partial charge >= 0.3 is 6.09 Å². The normalized spacial score (nSPS) is 27.8. The summed E-state index contributed by atoms with van der Waals surface area (Å²) >= 11 is 0. The maximum absolute atomic E-state index is 11.8. The van der Waals surface area contributed by atoms with Gasteiger partial charge in [-0.1, -0.05) is 6.42 Å². The van der Waals surface area contributed by atoms with Crippen LogP contribution in [-0.2, 0) is 4.74 Å². The fourth-order valence-electron chi connectivity index (χ4n) is 3.01. The number of carbonyl (C=O) groups excluding carboxylic acids is 1. The number of likely N-dealkylation sites (tertiary alicyclic amines) is 1. The predicted octanol–water partition coefficient (Wildman–Crippen LogP) is 2.12. The van der Waals surface area contributed by atoms with Crippen molar-refractivity contribution in [3.8, 4) is 0 Å². The van der Waals surface area contributed by atoms with Crippen LogP contribution in [0.5, 0.6) is 0 Å². The Morgan fingerprint density at radius 3 is 2.59 bits per heavy atom. The Morgan fingerprint density at radius 2 is 2.06 bits per heavy atom. The molecule has 1 heterocycles. The van der Waals surface area contributed by atoms with Crippen molar-refractivity contribution < 1.29 is 9.53 Å². The van der Waals surface area contributed by atoms with Crippen LogP contribution >= 0.6 is 0 Å². The van der Waals surface area contributed by atoms with E-state index in [1.54, 1.807) is 0 Å². The maximum Gasteiger partial charge on any atom is 0.410 e. The second-order valence-electron chi connectivity index (χ2n) is 6.69. The Hall–Kier alpha value is -0.770. The summed E-state index contributed by atoms with van der Waals surface area (Å²) in [7, 11) is 0. The topological polar surface area (TPSA) is 55.6 Å². The molecule has 1 saturated heterocycles. The standard InChI is InChI=1S/C13H24N2O2/c1-12(2,3)17-11(16)15-8-13(9-15)6-4-5-10(14)7-13/h10H,4-9,14H2,1-3H3. The van der Waals surface area contributed by atoms with Crippen LogP contribution < -0.4 is 5.73 Å². The van der Waals surface area contributed by atoms with E-state index in [1.165, 1.54) is 12.8 Å². The largest absolute Gasteiger partial charge is 0.444 e. The molecule has 2 N–H and O–H groups in total. The number of rotatable bonds is 0. The Morgan fingerprint density at radius 1 is 1.41 bits per heavy atom. The molecule has 0 radical (unpaired) electrons. The lowest BCUT2D eigenvalue weighted by Gasteiger charge is -2.53. The van der Waals surface area contributed by atoms with Gasteiger partial charge in [-0.3, -0.25) is 0 Å². The zero-order valence-corrected chi connectivity index (χ0v) is 11.2. The van der Waals surface area contributed by atoms with E-state index in [4.69, 9.17) is 10.5 Å². The second-order valence-corrected chi connectivity index (χ2v) is 6.69. The zero-order chi connectivity index (χ0) is 12.7. The molecule has 0 bridgehead atoms. The summed E-state index contributed by atoms with van der Waals surface area (Å²) in [6, 6.07) is 0.324. The molecule has 0 aromatic rings. The maximum atomic E-state index is 11.8. The average molecular weight is 240 g/mol. The first-order chi connectivity index (χ1) is 7.80. The van der Waals surface area contributed by atoms with Crippen molar-refractivity contribution in [3.05, 3.63) is 0 Å². The Bertz CT molecular complexity index is 303. The smallest absolute Gasteiger partial charge is 0.410 e. The molecule has 0 aromatic heterocycles. The first kappa shape index (κ1) is 12.7. The first-order valence-electron chi connectivity index (χ1n) is 6.53. The molecule has 17 heavy (non-hydrogen) atoms. The van der Waals surface area contributed by atoms with Gasteiger partial charge in [0.2, 0.25) is 0 Å². The van der Waals surface area contributed by atoms with E-state index in [0.29, 0.717) is 11.5 Å². The molecule has 1 unspecified atom stereocenters. The fourth-order valence-corrected chi connectivity index (χ4v) is 3.01. The highest BCUT2D eigenvalue weighted by atomic mass is 16.6. The summed E-state index contributed by atoms with van der Waals surface area (Å²) in [5.41, 5.74) is 5.91. The summed E-state index contributed by atoms with van der Waals surface area (Å²) in [4.78, 5) is 13.6. The molecule has 1 atom stereocenters. The van der Waals surface area contributed by atoms with E-state index in [9.17, 15) is 4.79 Å². The molecule has 4 heteroatoms. The van der Waals surface area contributed by atoms with E-state index in [2.05, 4.69) is 0 Å². The number of carbonyl (C=O) groups is 1. The van der Waals surface area contributed by atoms with E-state index in [-0.39, 0.29) is 6.09 Å². The monoisotopic (exact) mass is 240 g/mol. The summed E-state index contributed by atoms with van der Waals surface area (Å²) in [5, 5.41) is 0. The van der Waals surface area contributed by atoms with Crippen LogP contribution in [0.15, 0.2) is 0 Å². The van der Waals surface area contributed by atoms with Gasteiger partial charge in [-0.15, -0.1) is 0 Å². The van der Waals surface area contributed by atoms with Crippen molar-refractivity contribution in [2.24, 2.45) is 11.1 Å². The predicted molar refractivity (Wildman–Crippen MR) is 66.7 cm³/mol. The third kappa shape index (κ3) is 2.92. The lowest BCUT2D eigenvalue weighted by molar-refractivity contribution is -0.0514. The lowest BCUT2D eigenvalue weighted by atomic mass is 9.67. The lowest BCUT2D eigenvalue weighted by Crippen LogP contribution is -2.61. The Kier molecular flexibility index (Phi) is 3.10. The summed E-state index contributed by atoms with van der Waals surface area (Å²) < 4.78 is 5.36. The molecule has 2 aliphatic rings. The molecule has 1 spiro atoms. The van der Waals surface area contributed by atoms with E-state index >= 15 is 0 Å². The van der Waals surface area contributed by atoms with Crippen molar-refractivity contribution >= 4 is 6.09 Å². The molecule has 1 aliphatic carbocycles. The first-order valence-corrected chi connectivity index (χ1v) is 6.53. The van der Waals surface area contributed by atoms with Gasteiger partial charge in [0.25, 0.3) is 0 Å². The minimum Gasteiger partial charge on any atom is -0.444 e. The van der Waals surface area contributed by atoms with Gasteiger partial charge in [0.1, 0.15) is 5.60 Å². The van der Waals surface area contributed by atoms with Crippen molar-refractivity contribution in [1.82, 2.24) is 4.90 Å². The average Bonchev–Trinajstić information content (AvgIpc) is 2.10. The fraction of sp³-hybridized carbons (Fsp3) is 0.923. The van der Waals surface area contributed by atoms with Gasteiger partial charge in [0.05, 0.1) is 0 Å². The van der Waals surface area contributed by atoms with E-state index in [0.717, 1.165) is 25.9 Å². The quantitative estimate of drug-likeness (QED) is 0.705. The van der Waals surface area contributed by atoms with Crippen LogP contribution in [0, 0.1) is 5.41 Å². The Balaban J connectivity index is 1.83. The van der Waals surface area contributed by atoms with Gasteiger partial charge in [-0.05, 0) is 40.0 Å². The molecular weight excluding hydrogens is 216 g/mol. The summed E-state index contributed by atoms with van der Waals surface area (Å²) in [6.07, 6.45) is 4.42. The Labute approximate surface area is 103 Å². The molecule has 1 aliphatic heterocycles. The molecule has 98 valence electrons. The number of nitrogens with zero attached hydrogens (tertiary/aromatic N) is 1. The van der Waals surface area contributed by atoms with Crippen LogP contribution in [0.1, 0.15) is 46.5 Å².